The van der Waals surface area contributed by atoms with E-state index in [0.717, 1.165) is 0 Å². The van der Waals surface area contributed by atoms with Gasteiger partial charge in [0.15, 0.2) is 5.82 Å². The number of rotatable bonds is 2. The van der Waals surface area contributed by atoms with E-state index in [2.05, 4.69) is 20.6 Å². The summed E-state index contributed by atoms with van der Waals surface area (Å²) < 4.78 is 0. The molecule has 19 heavy (non-hydrogen) atoms. The molecule has 1 aromatic heterocycles. The molecule has 2 heterocycles. The lowest BCUT2D eigenvalue weighted by molar-refractivity contribution is -0.135. The van der Waals surface area contributed by atoms with E-state index in [1.165, 1.54) is 6.20 Å². The number of halogens is 1. The Labute approximate surface area is 115 Å². The van der Waals surface area contributed by atoms with Crippen LogP contribution in [0.3, 0.4) is 0 Å². The van der Waals surface area contributed by atoms with E-state index < -0.39 is 5.54 Å². The molecular formula is C11H14ClN5O2. The van der Waals surface area contributed by atoms with Crippen LogP contribution in [0.1, 0.15) is 13.8 Å². The Hall–Kier alpha value is -1.89. The van der Waals surface area contributed by atoms with Gasteiger partial charge in [-0.05, 0) is 13.8 Å². The number of nitrogens with zero attached hydrogens (tertiary/aromatic N) is 3. The molecule has 2 N–H and O–H groups in total. The Morgan fingerprint density at radius 1 is 1.47 bits per heavy atom. The largest absolute Gasteiger partial charge is 0.357 e. The molecule has 1 aliphatic heterocycles. The smallest absolute Gasteiger partial charge is 0.251 e. The Kier molecular flexibility index (Phi) is 3.32. The molecule has 0 bridgehead atoms. The monoisotopic (exact) mass is 283 g/mol. The third-order valence-corrected chi connectivity index (χ3v) is 3.26. The first-order chi connectivity index (χ1) is 8.86. The molecule has 2 rings (SSSR count). The van der Waals surface area contributed by atoms with Crippen LogP contribution in [-0.4, -0.2) is 40.9 Å². The van der Waals surface area contributed by atoms with Crippen molar-refractivity contribution in [2.75, 3.05) is 23.8 Å². The first-order valence-electron chi connectivity index (χ1n) is 5.68. The molecule has 0 radical (unpaired) electrons. The van der Waals surface area contributed by atoms with Crippen LogP contribution in [-0.2, 0) is 9.59 Å². The summed E-state index contributed by atoms with van der Waals surface area (Å²) in [6.07, 6.45) is 1.43. The van der Waals surface area contributed by atoms with Gasteiger partial charge < -0.3 is 10.2 Å². The van der Waals surface area contributed by atoms with Gasteiger partial charge in [-0.1, -0.05) is 11.6 Å². The second kappa shape index (κ2) is 4.65. The van der Waals surface area contributed by atoms with E-state index in [-0.39, 0.29) is 23.4 Å². The van der Waals surface area contributed by atoms with Crippen molar-refractivity contribution in [2.24, 2.45) is 0 Å². The molecule has 1 aliphatic rings. The Bertz CT molecular complexity index is 546. The number of carbonyl (C=O) groups excluding carboxylic acids is 2. The summed E-state index contributed by atoms with van der Waals surface area (Å²) in [7, 11) is 1.67. The van der Waals surface area contributed by atoms with Crippen LogP contribution in [0.5, 0.6) is 0 Å². The maximum absolute atomic E-state index is 11.9. The highest BCUT2D eigenvalue weighted by atomic mass is 35.5. The molecule has 1 fully saturated rings. The van der Waals surface area contributed by atoms with Gasteiger partial charge in [-0.3, -0.25) is 14.9 Å². The summed E-state index contributed by atoms with van der Waals surface area (Å²) in [5.41, 5.74) is -0.920. The molecule has 0 saturated carbocycles. The number of nitrogens with one attached hydrogen (secondary N) is 2. The minimum atomic E-state index is -0.920. The SMILES string of the molecule is CNc1ncc(Cl)c(N2CC(=O)NC(=O)C2(C)C)n1. The Balaban J connectivity index is 2.49. The molecule has 8 heteroatoms. The van der Waals surface area contributed by atoms with Crippen LogP contribution in [0.25, 0.3) is 0 Å². The third kappa shape index (κ3) is 2.33. The first-order valence-corrected chi connectivity index (χ1v) is 6.06. The third-order valence-electron chi connectivity index (χ3n) is 2.99. The fraction of sp³-hybridized carbons (Fsp3) is 0.455. The van der Waals surface area contributed by atoms with Gasteiger partial charge in [0.1, 0.15) is 10.6 Å². The van der Waals surface area contributed by atoms with Crippen molar-refractivity contribution >= 4 is 35.2 Å². The molecule has 1 aromatic rings. The standard InChI is InChI=1S/C11H14ClN5O2/c1-11(2)9(19)15-7(18)5-17(11)8-6(12)4-14-10(13-3)16-8/h4H,5H2,1-3H3,(H,13,14,16)(H,15,18,19). The van der Waals surface area contributed by atoms with Crippen molar-refractivity contribution in [3.05, 3.63) is 11.2 Å². The van der Waals surface area contributed by atoms with Crippen LogP contribution >= 0.6 is 11.6 Å². The lowest BCUT2D eigenvalue weighted by atomic mass is 9.99. The topological polar surface area (TPSA) is 87.2 Å². The van der Waals surface area contributed by atoms with Crippen LogP contribution in [0, 0.1) is 0 Å². The number of aromatic nitrogens is 2. The number of hydrogen-bond acceptors (Lipinski definition) is 6. The van der Waals surface area contributed by atoms with E-state index in [1.807, 2.05) is 0 Å². The Morgan fingerprint density at radius 3 is 2.79 bits per heavy atom. The normalized spacial score (nSPS) is 18.2. The summed E-state index contributed by atoms with van der Waals surface area (Å²) in [5.74, 6) is -0.0442. The van der Waals surface area contributed by atoms with E-state index >= 15 is 0 Å². The van der Waals surface area contributed by atoms with Crippen molar-refractivity contribution in [2.45, 2.75) is 19.4 Å². The predicted octanol–water partition coefficient (Wildman–Crippen LogP) is 0.413. The average molecular weight is 284 g/mol. The lowest BCUT2D eigenvalue weighted by Crippen LogP contribution is -2.64. The van der Waals surface area contributed by atoms with Gasteiger partial charge in [0.25, 0.3) is 5.91 Å². The van der Waals surface area contributed by atoms with Crippen molar-refractivity contribution in [3.63, 3.8) is 0 Å². The summed E-state index contributed by atoms with van der Waals surface area (Å²) in [5, 5.41) is 5.37. The van der Waals surface area contributed by atoms with Crippen molar-refractivity contribution in [1.29, 1.82) is 0 Å². The van der Waals surface area contributed by atoms with Crippen LogP contribution < -0.4 is 15.5 Å². The second-order valence-corrected chi connectivity index (χ2v) is 5.04. The molecule has 0 aromatic carbocycles. The molecule has 0 unspecified atom stereocenters. The second-order valence-electron chi connectivity index (χ2n) is 4.64. The van der Waals surface area contributed by atoms with Gasteiger partial charge in [0, 0.05) is 7.05 Å². The summed E-state index contributed by atoms with van der Waals surface area (Å²) in [6, 6.07) is 0. The highest BCUT2D eigenvalue weighted by molar-refractivity contribution is 6.33. The minimum absolute atomic E-state index is 0.0125. The van der Waals surface area contributed by atoms with Gasteiger partial charge in [-0.25, -0.2) is 4.98 Å². The van der Waals surface area contributed by atoms with Crippen LogP contribution in [0.2, 0.25) is 5.02 Å². The van der Waals surface area contributed by atoms with E-state index in [1.54, 1.807) is 25.8 Å². The summed E-state index contributed by atoms with van der Waals surface area (Å²) >= 11 is 6.07. The molecule has 1 saturated heterocycles. The predicted molar refractivity (Wildman–Crippen MR) is 71.2 cm³/mol. The number of anilines is 2. The molecule has 0 atom stereocenters. The molecule has 0 spiro atoms. The van der Waals surface area contributed by atoms with Gasteiger partial charge in [-0.15, -0.1) is 0 Å². The molecule has 0 aliphatic carbocycles. The van der Waals surface area contributed by atoms with Crippen molar-refractivity contribution < 1.29 is 9.59 Å². The summed E-state index contributed by atoms with van der Waals surface area (Å²) in [6.45, 7) is 3.41. The van der Waals surface area contributed by atoms with Crippen molar-refractivity contribution in [3.8, 4) is 0 Å². The quantitative estimate of drug-likeness (QED) is 0.765. The molecule has 2 amide bonds. The maximum atomic E-state index is 11.9. The number of carbonyl (C=O) groups is 2. The number of hydrogen-bond donors (Lipinski definition) is 2. The van der Waals surface area contributed by atoms with Crippen molar-refractivity contribution in [1.82, 2.24) is 15.3 Å². The zero-order valence-electron chi connectivity index (χ0n) is 10.8. The lowest BCUT2D eigenvalue weighted by Gasteiger charge is -2.41. The first kappa shape index (κ1) is 13.5. The summed E-state index contributed by atoms with van der Waals surface area (Å²) in [4.78, 5) is 33.2. The van der Waals surface area contributed by atoms with E-state index in [9.17, 15) is 9.59 Å². The molecule has 7 nitrogen and oxygen atoms in total. The van der Waals surface area contributed by atoms with E-state index in [0.29, 0.717) is 11.8 Å². The fourth-order valence-electron chi connectivity index (χ4n) is 1.79. The van der Waals surface area contributed by atoms with Crippen LogP contribution in [0.15, 0.2) is 6.20 Å². The molecular weight excluding hydrogens is 270 g/mol. The number of amides is 2. The fourth-order valence-corrected chi connectivity index (χ4v) is 1.98. The van der Waals surface area contributed by atoms with Gasteiger partial charge in [0.05, 0.1) is 12.7 Å². The highest BCUT2D eigenvalue weighted by Crippen LogP contribution is 2.30. The van der Waals surface area contributed by atoms with Gasteiger partial charge >= 0.3 is 0 Å². The Morgan fingerprint density at radius 2 is 2.16 bits per heavy atom. The van der Waals surface area contributed by atoms with Crippen LogP contribution in [0.4, 0.5) is 11.8 Å². The minimum Gasteiger partial charge on any atom is -0.357 e. The molecule has 102 valence electrons. The highest BCUT2D eigenvalue weighted by Gasteiger charge is 2.42. The van der Waals surface area contributed by atoms with E-state index in [4.69, 9.17) is 11.6 Å². The maximum Gasteiger partial charge on any atom is 0.251 e. The zero-order valence-corrected chi connectivity index (χ0v) is 11.6. The number of piperazine rings is 1. The van der Waals surface area contributed by atoms with Gasteiger partial charge in [-0.2, -0.15) is 4.98 Å². The zero-order chi connectivity index (χ0) is 14.2. The van der Waals surface area contributed by atoms with Gasteiger partial charge in [0.2, 0.25) is 11.9 Å². The average Bonchev–Trinajstić information content (AvgIpc) is 2.35. The number of imide groups is 1.